The number of anilines is 1. The molecule has 1 heterocycles. The lowest BCUT2D eigenvalue weighted by Crippen LogP contribution is -2.43. The number of rotatable bonds is 10. The van der Waals surface area contributed by atoms with Crippen LogP contribution >= 0.6 is 66.9 Å². The van der Waals surface area contributed by atoms with Crippen LogP contribution in [-0.2, 0) is 9.59 Å². The summed E-state index contributed by atoms with van der Waals surface area (Å²) in [6, 6.07) is 9.06. The number of nitrogens with zero attached hydrogens (tertiary/aromatic N) is 2. The van der Waals surface area contributed by atoms with E-state index in [9.17, 15) is 14.4 Å². The molecule has 2 aromatic rings. The Balaban J connectivity index is -0.00000256. The number of nitrogens with two attached hydrogens (primary N) is 3. The molecule has 35 heavy (non-hydrogen) atoms. The van der Waals surface area contributed by atoms with Crippen LogP contribution in [0.25, 0.3) is 0 Å². The molecule has 0 spiro atoms. The second-order valence-corrected chi connectivity index (χ2v) is 7.47. The lowest BCUT2D eigenvalue weighted by Gasteiger charge is -2.13. The maximum Gasteiger partial charge on any atom is 0.243 e. The van der Waals surface area contributed by atoms with Gasteiger partial charge in [-0.3, -0.25) is 24.4 Å². The van der Waals surface area contributed by atoms with E-state index in [1.807, 2.05) is 0 Å². The van der Waals surface area contributed by atoms with E-state index in [0.717, 1.165) is 0 Å². The van der Waals surface area contributed by atoms with E-state index in [0.29, 0.717) is 29.5 Å². The first-order valence-corrected chi connectivity index (χ1v) is 10.2. The Morgan fingerprint density at radius 3 is 2.37 bits per heavy atom. The molecular weight excluding hydrogens is 722 g/mol. The zero-order valence-corrected chi connectivity index (χ0v) is 25.1. The second-order valence-electron chi connectivity index (χ2n) is 6.56. The first-order chi connectivity index (χ1) is 14.8. The van der Waals surface area contributed by atoms with Crippen molar-refractivity contribution in [3.63, 3.8) is 0 Å². The number of amides is 2. The maximum atomic E-state index is 12.8. The number of nitrogens with one attached hydrogen (secondary N) is 2. The number of aromatic nitrogens is 1. The van der Waals surface area contributed by atoms with Gasteiger partial charge in [0.2, 0.25) is 17.6 Å². The summed E-state index contributed by atoms with van der Waals surface area (Å²) in [5.41, 5.74) is 17.1. The third kappa shape index (κ3) is 13.1. The highest BCUT2D eigenvalue weighted by Gasteiger charge is 2.18. The Hall–Kier alpha value is -1.91. The number of ketones is 1. The zero-order valence-electron chi connectivity index (χ0n) is 18.4. The van der Waals surface area contributed by atoms with Crippen LogP contribution in [0.5, 0.6) is 0 Å². The van der Waals surface area contributed by atoms with Crippen LogP contribution < -0.4 is 27.8 Å². The molecule has 1 aromatic carbocycles. The minimum Gasteiger partial charge on any atom is -0.412 e. The van der Waals surface area contributed by atoms with Crippen molar-refractivity contribution in [1.82, 2.24) is 10.3 Å². The van der Waals surface area contributed by atoms with Gasteiger partial charge in [0, 0.05) is 22.8 Å². The lowest BCUT2D eigenvalue weighted by atomic mass is 10.1. The molecule has 0 aliphatic heterocycles. The predicted molar refractivity (Wildman–Crippen MR) is 156 cm³/mol. The number of para-hydroxylation sites is 1. The van der Waals surface area contributed by atoms with Crippen molar-refractivity contribution < 1.29 is 19.9 Å². The quantitative estimate of drug-likeness (QED) is 0.104. The van der Waals surface area contributed by atoms with Gasteiger partial charge >= 0.3 is 0 Å². The fourth-order valence-electron chi connectivity index (χ4n) is 2.60. The van der Waals surface area contributed by atoms with Crippen LogP contribution in [0.2, 0.25) is 0 Å². The molecule has 2 rings (SSSR count). The van der Waals surface area contributed by atoms with Crippen LogP contribution in [-0.4, -0.2) is 53.1 Å². The number of guanidine groups is 1. The lowest BCUT2D eigenvalue weighted by molar-refractivity contribution is -0.125. The summed E-state index contributed by atoms with van der Waals surface area (Å²) < 4.78 is 0.713. The summed E-state index contributed by atoms with van der Waals surface area (Å²) in [5, 5.41) is 5.11. The van der Waals surface area contributed by atoms with Gasteiger partial charge in [-0.05, 0) is 37.1 Å². The van der Waals surface area contributed by atoms with Crippen LogP contribution in [0.1, 0.15) is 28.9 Å². The molecule has 1 aromatic heterocycles. The minimum atomic E-state index is -0.793. The fourth-order valence-corrected chi connectivity index (χ4v) is 2.94. The highest BCUT2D eigenvalue weighted by molar-refractivity contribution is 9.10. The van der Waals surface area contributed by atoms with Crippen LogP contribution in [0, 0.1) is 0 Å². The number of hydrogen-bond donors (Lipinski definition) is 5. The van der Waals surface area contributed by atoms with Crippen molar-refractivity contribution in [3.05, 3.63) is 58.3 Å². The molecule has 0 radical (unpaired) electrons. The van der Waals surface area contributed by atoms with Crippen LogP contribution in [0.4, 0.5) is 5.69 Å². The molecule has 0 saturated carbocycles. The number of halogens is 4. The number of benzene rings is 1. The van der Waals surface area contributed by atoms with E-state index in [-0.39, 0.29) is 86.0 Å². The topological polar surface area (TPSA) is 210 Å². The van der Waals surface area contributed by atoms with Gasteiger partial charge in [0.25, 0.3) is 0 Å². The number of hydrogen-bond acceptors (Lipinski definition) is 6. The van der Waals surface area contributed by atoms with Crippen molar-refractivity contribution >= 4 is 96.1 Å². The SMILES string of the molecule is Br.Br.Br.NC(N)=NCCC[C@H](N)C(=O)NCC(=O)Nc1ccccc1C(=O)c1cc(Br)ccn1.O. The predicted octanol–water partition coefficient (Wildman–Crippen LogP) is 1.42. The number of aliphatic imine (C=N–C) groups is 1. The Kier molecular flexibility index (Phi) is 20.8. The maximum absolute atomic E-state index is 12.8. The Morgan fingerprint density at radius 2 is 1.74 bits per heavy atom. The Morgan fingerprint density at radius 1 is 1.09 bits per heavy atom. The molecule has 11 nitrogen and oxygen atoms in total. The second kappa shape index (κ2) is 19.3. The van der Waals surface area contributed by atoms with Gasteiger partial charge in [0.15, 0.2) is 5.96 Å². The molecule has 0 aliphatic rings. The van der Waals surface area contributed by atoms with Gasteiger partial charge in [0.05, 0.1) is 18.3 Å². The Bertz CT molecular complexity index is 991. The highest BCUT2D eigenvalue weighted by Crippen LogP contribution is 2.20. The van der Waals surface area contributed by atoms with Gasteiger partial charge in [-0.15, -0.1) is 50.9 Å². The highest BCUT2D eigenvalue weighted by atomic mass is 79.9. The van der Waals surface area contributed by atoms with E-state index < -0.39 is 17.9 Å². The smallest absolute Gasteiger partial charge is 0.243 e. The van der Waals surface area contributed by atoms with E-state index in [4.69, 9.17) is 17.2 Å². The van der Waals surface area contributed by atoms with E-state index in [1.54, 1.807) is 36.4 Å². The third-order valence-electron chi connectivity index (χ3n) is 4.13. The van der Waals surface area contributed by atoms with Crippen molar-refractivity contribution in [2.75, 3.05) is 18.4 Å². The number of carbonyl (C=O) groups excluding carboxylic acids is 3. The number of carbonyl (C=O) groups is 3. The van der Waals surface area contributed by atoms with Gasteiger partial charge in [0.1, 0.15) is 5.69 Å². The van der Waals surface area contributed by atoms with Crippen LogP contribution in [0.3, 0.4) is 0 Å². The molecule has 10 N–H and O–H groups in total. The van der Waals surface area contributed by atoms with Gasteiger partial charge in [-0.2, -0.15) is 0 Å². The summed E-state index contributed by atoms with van der Waals surface area (Å²) in [6.45, 7) is 0.0690. The normalized spacial score (nSPS) is 10.0. The molecule has 0 bridgehead atoms. The molecule has 196 valence electrons. The average Bonchev–Trinajstić information content (AvgIpc) is 2.74. The first kappa shape index (κ1) is 37.6. The van der Waals surface area contributed by atoms with E-state index in [2.05, 4.69) is 36.5 Å². The average molecular weight is 751 g/mol. The molecule has 15 heteroatoms. The molecule has 1 atom stereocenters. The third-order valence-corrected chi connectivity index (χ3v) is 4.62. The minimum absolute atomic E-state index is 0. The molecule has 0 saturated heterocycles. The summed E-state index contributed by atoms with van der Waals surface area (Å²) in [6.07, 6.45) is 2.40. The first-order valence-electron chi connectivity index (χ1n) is 9.41. The monoisotopic (exact) mass is 747 g/mol. The molecule has 0 aliphatic carbocycles. The zero-order chi connectivity index (χ0) is 22.8. The van der Waals surface area contributed by atoms with Crippen LogP contribution in [0.15, 0.2) is 52.1 Å². The van der Waals surface area contributed by atoms with E-state index >= 15 is 0 Å². The largest absolute Gasteiger partial charge is 0.412 e. The van der Waals surface area contributed by atoms with E-state index in [1.165, 1.54) is 6.20 Å². The summed E-state index contributed by atoms with van der Waals surface area (Å²) in [7, 11) is 0. The number of pyridine rings is 1. The summed E-state index contributed by atoms with van der Waals surface area (Å²) in [5.74, 6) is -1.33. The van der Waals surface area contributed by atoms with Gasteiger partial charge < -0.3 is 33.3 Å². The molecule has 0 fully saturated rings. The molecule has 0 unspecified atom stereocenters. The molecule has 2 amide bonds. The van der Waals surface area contributed by atoms with Crippen molar-refractivity contribution in [2.45, 2.75) is 18.9 Å². The van der Waals surface area contributed by atoms with Gasteiger partial charge in [-0.1, -0.05) is 28.1 Å². The van der Waals surface area contributed by atoms with Crippen molar-refractivity contribution in [1.29, 1.82) is 0 Å². The Labute approximate surface area is 242 Å². The molecular formula is C20H29Br4N7O4. The summed E-state index contributed by atoms with van der Waals surface area (Å²) in [4.78, 5) is 45.0. The summed E-state index contributed by atoms with van der Waals surface area (Å²) >= 11 is 3.30. The van der Waals surface area contributed by atoms with Crippen molar-refractivity contribution in [3.8, 4) is 0 Å². The fraction of sp³-hybridized carbons (Fsp3) is 0.250. The van der Waals surface area contributed by atoms with Crippen molar-refractivity contribution in [2.24, 2.45) is 22.2 Å². The standard InChI is InChI=1S/C20H24BrN7O3.3BrH.H2O/c21-12-7-9-25-16(10-12)18(30)13-4-1-2-6-15(13)28-17(29)11-27-19(31)14(22)5-3-8-26-20(23)24;;;;/h1-2,4,6-7,9-10,14H,3,5,8,11,22H2,(H,27,31)(H,28,29)(H4,23,24,26);3*1H;1H2/t14-;;;;/m0..../s1. The van der Waals surface area contributed by atoms with Gasteiger partial charge in [-0.25, -0.2) is 0 Å².